The molecule has 0 unspecified atom stereocenters. The molecule has 2 rings (SSSR count). The zero-order valence-electron chi connectivity index (χ0n) is 12.9. The smallest absolute Gasteiger partial charge is 0.276 e. The summed E-state index contributed by atoms with van der Waals surface area (Å²) in [5, 5.41) is 22.3. The fourth-order valence-corrected chi connectivity index (χ4v) is 2.73. The van der Waals surface area contributed by atoms with Crippen LogP contribution in [0.25, 0.3) is 0 Å². The van der Waals surface area contributed by atoms with Crippen LogP contribution >= 0.6 is 0 Å². The Morgan fingerprint density at radius 2 is 1.92 bits per heavy atom. The van der Waals surface area contributed by atoms with Gasteiger partial charge in [-0.05, 0) is 31.5 Å². The standard InChI is InChI=1S/C15H14N4O4S/c1-9-3-5-11(6-4-9)24(22,23)19-17-8-13-10(2)12(7-16)14(20)18-15(13)21/h3-6,8,19H,1-2H3,(H2,18,20,21)/b17-8+. The molecule has 24 heavy (non-hydrogen) atoms. The largest absolute Gasteiger partial charge is 0.494 e. The summed E-state index contributed by atoms with van der Waals surface area (Å²) < 4.78 is 24.2. The average molecular weight is 346 g/mol. The Kier molecular flexibility index (Phi) is 4.71. The summed E-state index contributed by atoms with van der Waals surface area (Å²) >= 11 is 0. The van der Waals surface area contributed by atoms with Gasteiger partial charge in [0.2, 0.25) is 5.88 Å². The maximum Gasteiger partial charge on any atom is 0.276 e. The van der Waals surface area contributed by atoms with Gasteiger partial charge in [-0.2, -0.15) is 18.8 Å². The van der Waals surface area contributed by atoms with Crippen molar-refractivity contribution in [3.05, 3.63) is 56.9 Å². The normalized spacial score (nSPS) is 11.4. The molecule has 0 spiro atoms. The molecular weight excluding hydrogens is 332 g/mol. The summed E-state index contributed by atoms with van der Waals surface area (Å²) in [6.07, 6.45) is 1.02. The molecule has 8 nitrogen and oxygen atoms in total. The molecule has 9 heteroatoms. The highest BCUT2D eigenvalue weighted by Crippen LogP contribution is 2.16. The summed E-state index contributed by atoms with van der Waals surface area (Å²) in [6, 6.07) is 7.88. The Labute approximate surface area is 138 Å². The van der Waals surface area contributed by atoms with Gasteiger partial charge in [0.15, 0.2) is 0 Å². The lowest BCUT2D eigenvalue weighted by Gasteiger charge is -2.06. The van der Waals surface area contributed by atoms with Crippen molar-refractivity contribution in [3.8, 4) is 11.9 Å². The van der Waals surface area contributed by atoms with Crippen molar-refractivity contribution in [3.63, 3.8) is 0 Å². The third-order valence-electron chi connectivity index (χ3n) is 3.30. The maximum absolute atomic E-state index is 12.1. The molecular formula is C15H14N4O4S. The number of aryl methyl sites for hydroxylation is 1. The Morgan fingerprint density at radius 3 is 2.50 bits per heavy atom. The fourth-order valence-electron chi connectivity index (χ4n) is 1.94. The first kappa shape index (κ1) is 17.2. The van der Waals surface area contributed by atoms with Crippen LogP contribution in [0.5, 0.6) is 5.88 Å². The van der Waals surface area contributed by atoms with Crippen LogP contribution in [0.1, 0.15) is 22.3 Å². The van der Waals surface area contributed by atoms with Crippen LogP contribution in [0.2, 0.25) is 0 Å². The minimum Gasteiger partial charge on any atom is -0.494 e. The number of hydrogen-bond donors (Lipinski definition) is 3. The molecule has 1 aromatic carbocycles. The van der Waals surface area contributed by atoms with Crippen LogP contribution < -0.4 is 10.4 Å². The molecule has 3 N–H and O–H groups in total. The molecule has 1 aromatic heterocycles. The number of aromatic amines is 1. The Bertz CT molecular complexity index is 999. The molecule has 0 saturated heterocycles. The zero-order valence-corrected chi connectivity index (χ0v) is 13.7. The highest BCUT2D eigenvalue weighted by Gasteiger charge is 2.14. The topological polar surface area (TPSA) is 135 Å². The maximum atomic E-state index is 12.1. The lowest BCUT2D eigenvalue weighted by atomic mass is 10.1. The quantitative estimate of drug-likeness (QED) is 0.558. The van der Waals surface area contributed by atoms with E-state index in [0.29, 0.717) is 0 Å². The molecule has 1 heterocycles. The van der Waals surface area contributed by atoms with Crippen molar-refractivity contribution >= 4 is 16.2 Å². The summed E-state index contributed by atoms with van der Waals surface area (Å²) in [5.74, 6) is -0.505. The van der Waals surface area contributed by atoms with Crippen LogP contribution in [-0.4, -0.2) is 24.7 Å². The number of hydrazone groups is 1. The Hall–Kier alpha value is -3.12. The van der Waals surface area contributed by atoms with E-state index in [0.717, 1.165) is 11.8 Å². The van der Waals surface area contributed by atoms with Gasteiger partial charge >= 0.3 is 0 Å². The van der Waals surface area contributed by atoms with Gasteiger partial charge in [-0.1, -0.05) is 17.7 Å². The van der Waals surface area contributed by atoms with E-state index in [4.69, 9.17) is 5.26 Å². The van der Waals surface area contributed by atoms with Gasteiger partial charge in [0, 0.05) is 0 Å². The van der Waals surface area contributed by atoms with Crippen molar-refractivity contribution < 1.29 is 13.5 Å². The number of pyridine rings is 1. The number of benzene rings is 1. The molecule has 0 saturated carbocycles. The molecule has 124 valence electrons. The van der Waals surface area contributed by atoms with Crippen LogP contribution in [0.3, 0.4) is 0 Å². The lowest BCUT2D eigenvalue weighted by Crippen LogP contribution is -2.19. The third-order valence-corrected chi connectivity index (χ3v) is 4.54. The number of sulfonamides is 1. The molecule has 0 radical (unpaired) electrons. The summed E-state index contributed by atoms with van der Waals surface area (Å²) in [6.45, 7) is 3.28. The summed E-state index contributed by atoms with van der Waals surface area (Å²) in [5.41, 5.74) is 0.227. The highest BCUT2D eigenvalue weighted by atomic mass is 32.2. The van der Waals surface area contributed by atoms with E-state index in [1.165, 1.54) is 19.1 Å². The minimum atomic E-state index is -3.86. The van der Waals surface area contributed by atoms with E-state index in [1.807, 2.05) is 11.8 Å². The van der Waals surface area contributed by atoms with Gasteiger partial charge < -0.3 is 5.11 Å². The van der Waals surface area contributed by atoms with Gasteiger partial charge in [-0.25, -0.2) is 4.83 Å². The van der Waals surface area contributed by atoms with E-state index in [2.05, 4.69) is 10.1 Å². The first-order valence-electron chi connectivity index (χ1n) is 6.73. The predicted molar refractivity (Wildman–Crippen MR) is 87.3 cm³/mol. The van der Waals surface area contributed by atoms with Crippen molar-refractivity contribution in [1.29, 1.82) is 5.26 Å². The second-order valence-electron chi connectivity index (χ2n) is 4.99. The van der Waals surface area contributed by atoms with Crippen molar-refractivity contribution in [1.82, 2.24) is 9.82 Å². The molecule has 0 aliphatic rings. The number of rotatable bonds is 4. The second-order valence-corrected chi connectivity index (χ2v) is 6.66. The fraction of sp³-hybridized carbons (Fsp3) is 0.133. The van der Waals surface area contributed by atoms with Crippen molar-refractivity contribution in [2.45, 2.75) is 18.7 Å². The number of H-pyrrole nitrogens is 1. The van der Waals surface area contributed by atoms with E-state index in [-0.39, 0.29) is 21.6 Å². The molecule has 0 fully saturated rings. The zero-order chi connectivity index (χ0) is 17.9. The van der Waals surface area contributed by atoms with Gasteiger partial charge in [0.05, 0.1) is 16.7 Å². The van der Waals surface area contributed by atoms with Crippen molar-refractivity contribution in [2.75, 3.05) is 0 Å². The monoisotopic (exact) mass is 346 g/mol. The summed E-state index contributed by atoms with van der Waals surface area (Å²) in [4.78, 5) is 15.6. The number of nitrogens with zero attached hydrogens (tertiary/aromatic N) is 2. The predicted octanol–water partition coefficient (Wildman–Crippen LogP) is 0.881. The lowest BCUT2D eigenvalue weighted by molar-refractivity contribution is 0.450. The van der Waals surface area contributed by atoms with E-state index >= 15 is 0 Å². The number of hydrogen-bond acceptors (Lipinski definition) is 6. The van der Waals surface area contributed by atoms with Gasteiger partial charge in [0.25, 0.3) is 15.6 Å². The number of aromatic hydroxyl groups is 1. The van der Waals surface area contributed by atoms with Gasteiger partial charge in [-0.3, -0.25) is 9.78 Å². The summed E-state index contributed by atoms with van der Waals surface area (Å²) in [7, 11) is -3.86. The van der Waals surface area contributed by atoms with Gasteiger partial charge in [0.1, 0.15) is 11.6 Å². The molecule has 2 aromatic rings. The first-order chi connectivity index (χ1) is 11.3. The van der Waals surface area contributed by atoms with Gasteiger partial charge in [-0.15, -0.1) is 0 Å². The molecule has 0 aliphatic carbocycles. The molecule has 0 aliphatic heterocycles. The van der Waals surface area contributed by atoms with E-state index < -0.39 is 21.5 Å². The Morgan fingerprint density at radius 1 is 1.29 bits per heavy atom. The Balaban J connectivity index is 2.31. The third kappa shape index (κ3) is 3.44. The van der Waals surface area contributed by atoms with Crippen LogP contribution in [0.4, 0.5) is 0 Å². The van der Waals surface area contributed by atoms with Crippen LogP contribution in [0.15, 0.2) is 39.1 Å². The van der Waals surface area contributed by atoms with E-state index in [1.54, 1.807) is 18.2 Å². The molecule has 0 amide bonds. The molecule has 0 atom stereocenters. The van der Waals surface area contributed by atoms with Crippen molar-refractivity contribution in [2.24, 2.45) is 5.10 Å². The minimum absolute atomic E-state index is 0.0328. The van der Waals surface area contributed by atoms with E-state index in [9.17, 15) is 18.3 Å². The number of aromatic nitrogens is 1. The number of nitrogens with one attached hydrogen (secondary N) is 2. The highest BCUT2D eigenvalue weighted by molar-refractivity contribution is 7.89. The average Bonchev–Trinajstić information content (AvgIpc) is 2.51. The first-order valence-corrected chi connectivity index (χ1v) is 8.22. The number of nitriles is 1. The van der Waals surface area contributed by atoms with Crippen LogP contribution in [-0.2, 0) is 10.0 Å². The molecule has 0 bridgehead atoms. The van der Waals surface area contributed by atoms with Crippen LogP contribution in [0, 0.1) is 25.2 Å². The SMILES string of the molecule is Cc1ccc(S(=O)(=O)N/N=C/c2c(O)[nH]c(=O)c(C#N)c2C)cc1. The second kappa shape index (κ2) is 6.55.